The van der Waals surface area contributed by atoms with Crippen LogP contribution in [0.4, 0.5) is 0 Å². The number of nitrogens with zero attached hydrogens (tertiary/aromatic N) is 3. The van der Waals surface area contributed by atoms with Crippen molar-refractivity contribution < 1.29 is 0 Å². The van der Waals surface area contributed by atoms with Gasteiger partial charge in [0, 0.05) is 14.5 Å². The van der Waals surface area contributed by atoms with Crippen LogP contribution in [0.5, 0.6) is 0 Å². The molecule has 4 nitrogen and oxygen atoms in total. The summed E-state index contributed by atoms with van der Waals surface area (Å²) in [7, 11) is 0. The molecule has 0 aliphatic rings. The van der Waals surface area contributed by atoms with Gasteiger partial charge >= 0.3 is 0 Å². The van der Waals surface area contributed by atoms with Crippen LogP contribution in [0.1, 0.15) is 0 Å². The Hall–Kier alpha value is -1.27. The van der Waals surface area contributed by atoms with Gasteiger partial charge in [-0.25, -0.2) is 15.0 Å². The number of imidazole rings is 1. The number of halogens is 2. The van der Waals surface area contributed by atoms with Crippen LogP contribution in [0.25, 0.3) is 22.6 Å². The molecule has 3 rings (SSSR count). The fourth-order valence-electron chi connectivity index (χ4n) is 1.59. The number of aromatic nitrogens is 4. The van der Waals surface area contributed by atoms with E-state index < -0.39 is 0 Å². The third-order valence-electron chi connectivity index (χ3n) is 2.30. The van der Waals surface area contributed by atoms with Crippen molar-refractivity contribution in [2.45, 2.75) is 0 Å². The van der Waals surface area contributed by atoms with Crippen molar-refractivity contribution in [2.75, 3.05) is 0 Å². The highest BCUT2D eigenvalue weighted by atomic mass is 79.9. The van der Waals surface area contributed by atoms with Crippen LogP contribution < -0.4 is 0 Å². The fraction of sp³-hybridized carbons (Fsp3) is 0. The van der Waals surface area contributed by atoms with Crippen LogP contribution in [0.3, 0.4) is 0 Å². The molecule has 0 unspecified atom stereocenters. The Morgan fingerprint density at radius 2 is 1.82 bits per heavy atom. The molecule has 1 aromatic carbocycles. The van der Waals surface area contributed by atoms with E-state index in [1.807, 2.05) is 18.2 Å². The minimum atomic E-state index is 0.672. The summed E-state index contributed by atoms with van der Waals surface area (Å²) >= 11 is 6.91. The molecule has 0 saturated heterocycles. The van der Waals surface area contributed by atoms with Gasteiger partial charge < -0.3 is 4.98 Å². The van der Waals surface area contributed by atoms with Crippen LogP contribution in [0.15, 0.2) is 39.7 Å². The highest BCUT2D eigenvalue weighted by Crippen LogP contribution is 2.26. The first-order valence-electron chi connectivity index (χ1n) is 4.84. The van der Waals surface area contributed by atoms with Gasteiger partial charge in [0.25, 0.3) is 0 Å². The molecule has 0 radical (unpaired) electrons. The van der Waals surface area contributed by atoms with Crippen molar-refractivity contribution in [3.63, 3.8) is 0 Å². The fourth-order valence-corrected chi connectivity index (χ4v) is 2.88. The summed E-state index contributed by atoms with van der Waals surface area (Å²) in [6.07, 6.45) is 3.20. The van der Waals surface area contributed by atoms with Gasteiger partial charge in [-0.2, -0.15) is 0 Å². The smallest absolute Gasteiger partial charge is 0.181 e. The molecular formula is C11H6Br2N4. The number of aromatic amines is 1. The number of nitrogens with one attached hydrogen (secondary N) is 1. The summed E-state index contributed by atoms with van der Waals surface area (Å²) in [6.45, 7) is 0. The number of benzene rings is 1. The number of hydrogen-bond donors (Lipinski definition) is 1. The molecule has 2 heterocycles. The lowest BCUT2D eigenvalue weighted by atomic mass is 10.2. The Balaban J connectivity index is 2.20. The second-order valence-corrected chi connectivity index (χ2v) is 5.33. The summed E-state index contributed by atoms with van der Waals surface area (Å²) < 4.78 is 1.99. The predicted molar refractivity (Wildman–Crippen MR) is 72.5 cm³/mol. The van der Waals surface area contributed by atoms with Crippen LogP contribution in [0.2, 0.25) is 0 Å². The molecule has 84 valence electrons. The topological polar surface area (TPSA) is 54.5 Å². The molecule has 0 bridgehead atoms. The van der Waals surface area contributed by atoms with E-state index in [4.69, 9.17) is 0 Å². The Labute approximate surface area is 114 Å². The van der Waals surface area contributed by atoms with Crippen LogP contribution in [-0.4, -0.2) is 19.9 Å². The van der Waals surface area contributed by atoms with Gasteiger partial charge in [-0.1, -0.05) is 31.9 Å². The van der Waals surface area contributed by atoms with Crippen molar-refractivity contribution in [1.82, 2.24) is 19.9 Å². The molecule has 0 aliphatic carbocycles. The summed E-state index contributed by atoms with van der Waals surface area (Å²) in [5.74, 6) is 0.780. The van der Waals surface area contributed by atoms with Crippen LogP contribution >= 0.6 is 31.9 Å². The van der Waals surface area contributed by atoms with Crippen LogP contribution in [0, 0.1) is 0 Å². The van der Waals surface area contributed by atoms with Crippen molar-refractivity contribution >= 4 is 43.0 Å². The lowest BCUT2D eigenvalue weighted by molar-refractivity contribution is 1.20. The zero-order valence-corrected chi connectivity index (χ0v) is 11.7. The maximum atomic E-state index is 4.42. The van der Waals surface area contributed by atoms with E-state index >= 15 is 0 Å². The second-order valence-electron chi connectivity index (χ2n) is 3.50. The molecule has 0 fully saturated rings. The van der Waals surface area contributed by atoms with Gasteiger partial charge in [0.1, 0.15) is 17.7 Å². The number of H-pyrrole nitrogens is 1. The zero-order chi connectivity index (χ0) is 11.8. The van der Waals surface area contributed by atoms with Crippen molar-refractivity contribution in [2.24, 2.45) is 0 Å². The van der Waals surface area contributed by atoms with E-state index in [0.29, 0.717) is 5.65 Å². The number of hydrogen-bond acceptors (Lipinski definition) is 3. The number of fused-ring (bicyclic) bond motifs is 1. The van der Waals surface area contributed by atoms with E-state index in [2.05, 4.69) is 51.8 Å². The summed E-state index contributed by atoms with van der Waals surface area (Å²) in [5.41, 5.74) is 2.49. The normalized spacial score (nSPS) is 10.9. The molecule has 0 aliphatic heterocycles. The maximum absolute atomic E-state index is 4.42. The molecule has 2 aromatic heterocycles. The minimum absolute atomic E-state index is 0.672. The third-order valence-corrected chi connectivity index (χ3v) is 3.21. The van der Waals surface area contributed by atoms with Gasteiger partial charge in [-0.15, -0.1) is 0 Å². The molecule has 1 N–H and O–H groups in total. The number of rotatable bonds is 1. The van der Waals surface area contributed by atoms with Gasteiger partial charge in [0.05, 0.1) is 6.20 Å². The largest absolute Gasteiger partial charge is 0.335 e. The van der Waals surface area contributed by atoms with Gasteiger partial charge in [0.2, 0.25) is 0 Å². The van der Waals surface area contributed by atoms with E-state index in [1.54, 1.807) is 6.20 Å². The monoisotopic (exact) mass is 352 g/mol. The van der Waals surface area contributed by atoms with Gasteiger partial charge in [0.15, 0.2) is 5.65 Å². The van der Waals surface area contributed by atoms with Gasteiger partial charge in [-0.3, -0.25) is 0 Å². The quantitative estimate of drug-likeness (QED) is 0.727. The average molecular weight is 354 g/mol. The Morgan fingerprint density at radius 3 is 2.53 bits per heavy atom. The van der Waals surface area contributed by atoms with E-state index in [9.17, 15) is 0 Å². The van der Waals surface area contributed by atoms with E-state index in [-0.39, 0.29) is 0 Å². The predicted octanol–water partition coefficient (Wildman–Crippen LogP) is 3.54. The van der Waals surface area contributed by atoms with Crippen LogP contribution in [-0.2, 0) is 0 Å². The highest BCUT2D eigenvalue weighted by molar-refractivity contribution is 9.11. The highest BCUT2D eigenvalue weighted by Gasteiger charge is 2.07. The first-order chi connectivity index (χ1) is 8.22. The van der Waals surface area contributed by atoms with Gasteiger partial charge in [-0.05, 0) is 18.2 Å². The standard InChI is InChI=1S/C11H6Br2N4/c12-7-1-6(2-8(13)3-7)10-16-9-4-14-5-15-11(9)17-10/h1-5H,(H,14,15,16,17). The molecule has 6 heteroatoms. The molecule has 0 atom stereocenters. The lowest BCUT2D eigenvalue weighted by Gasteiger charge is -1.99. The Bertz CT molecular complexity index is 640. The molecule has 3 aromatic rings. The Morgan fingerprint density at radius 1 is 1.06 bits per heavy atom. The minimum Gasteiger partial charge on any atom is -0.335 e. The summed E-state index contributed by atoms with van der Waals surface area (Å²) in [4.78, 5) is 15.7. The molecule has 17 heavy (non-hydrogen) atoms. The summed E-state index contributed by atoms with van der Waals surface area (Å²) in [6, 6.07) is 5.97. The maximum Gasteiger partial charge on any atom is 0.181 e. The molecule has 0 amide bonds. The zero-order valence-electron chi connectivity index (χ0n) is 8.48. The third kappa shape index (κ3) is 2.10. The molecule has 0 saturated carbocycles. The van der Waals surface area contributed by atoms with Crippen molar-refractivity contribution in [3.8, 4) is 11.4 Å². The first-order valence-corrected chi connectivity index (χ1v) is 6.43. The second kappa shape index (κ2) is 4.19. The molecular weight excluding hydrogens is 348 g/mol. The van der Waals surface area contributed by atoms with Crippen molar-refractivity contribution in [1.29, 1.82) is 0 Å². The van der Waals surface area contributed by atoms with E-state index in [0.717, 1.165) is 25.8 Å². The van der Waals surface area contributed by atoms with Crippen molar-refractivity contribution in [3.05, 3.63) is 39.7 Å². The first kappa shape index (κ1) is 10.9. The lowest BCUT2D eigenvalue weighted by Crippen LogP contribution is -1.81. The van der Waals surface area contributed by atoms with E-state index in [1.165, 1.54) is 6.33 Å². The average Bonchev–Trinajstić information content (AvgIpc) is 2.71. The Kier molecular flexibility index (Phi) is 2.68. The summed E-state index contributed by atoms with van der Waals surface area (Å²) in [5, 5.41) is 0. The molecule has 0 spiro atoms. The SMILES string of the molecule is Brc1cc(Br)cc(-c2nc3ncncc3[nH]2)c1.